The fourth-order valence-electron chi connectivity index (χ4n) is 3.03. The summed E-state index contributed by atoms with van der Waals surface area (Å²) in [6, 6.07) is 10.2. The number of hydrogen-bond donors (Lipinski definition) is 0. The Morgan fingerprint density at radius 3 is 2.74 bits per heavy atom. The van der Waals surface area contributed by atoms with Gasteiger partial charge < -0.3 is 0 Å². The van der Waals surface area contributed by atoms with E-state index in [1.54, 1.807) is 0 Å². The highest BCUT2D eigenvalue weighted by molar-refractivity contribution is 7.93. The molecule has 1 aromatic heterocycles. The summed E-state index contributed by atoms with van der Waals surface area (Å²) in [6.07, 6.45) is 0.670. The predicted molar refractivity (Wildman–Crippen MR) is 86.1 cm³/mol. The molecule has 0 unspecified atom stereocenters. The number of fused-ring (bicyclic) bond motifs is 2. The Hall–Kier alpha value is -2.12. The van der Waals surface area contributed by atoms with Crippen LogP contribution in [0.15, 0.2) is 45.9 Å². The van der Waals surface area contributed by atoms with Crippen LogP contribution in [0.4, 0.5) is 5.69 Å². The van der Waals surface area contributed by atoms with Crippen molar-refractivity contribution in [1.29, 1.82) is 0 Å². The van der Waals surface area contributed by atoms with Gasteiger partial charge in [-0.2, -0.15) is 0 Å². The third kappa shape index (κ3) is 2.04. The number of benzene rings is 2. The van der Waals surface area contributed by atoms with Crippen LogP contribution in [0.25, 0.3) is 11.0 Å². The monoisotopic (exact) mass is 349 g/mol. The maximum Gasteiger partial charge on any atom is 0.266 e. The van der Waals surface area contributed by atoms with Crippen molar-refractivity contribution in [3.05, 3.63) is 47.0 Å². The second-order valence-corrected chi connectivity index (χ2v) is 7.68. The lowest BCUT2D eigenvalue weighted by Crippen LogP contribution is -2.35. The highest BCUT2D eigenvalue weighted by atomic mass is 35.5. The van der Waals surface area contributed by atoms with Gasteiger partial charge in [0.2, 0.25) is 0 Å². The molecule has 3 aromatic rings. The summed E-state index contributed by atoms with van der Waals surface area (Å²) in [6.45, 7) is 1.88. The van der Waals surface area contributed by atoms with Crippen molar-refractivity contribution < 1.29 is 13.0 Å². The summed E-state index contributed by atoms with van der Waals surface area (Å²) in [7, 11) is -3.80. The van der Waals surface area contributed by atoms with E-state index in [0.717, 1.165) is 5.56 Å². The number of para-hydroxylation sites is 1. The lowest BCUT2D eigenvalue weighted by molar-refractivity contribution is 0.315. The topological polar surface area (TPSA) is 76.3 Å². The molecule has 0 saturated heterocycles. The van der Waals surface area contributed by atoms with Gasteiger partial charge in [0.1, 0.15) is 4.90 Å². The standard InChI is InChI=1S/C15H12ClN3O3S/c1-9-8-10-4-2-3-5-12(10)19(9)23(20,21)13-7-6-11(16)14-15(13)18-22-17-14/h2-7,9H,8H2,1H3/t9-/m1/s1. The van der Waals surface area contributed by atoms with Crippen molar-refractivity contribution in [2.45, 2.75) is 24.3 Å². The molecule has 4 rings (SSSR count). The normalized spacial score (nSPS) is 17.7. The average molecular weight is 350 g/mol. The maximum atomic E-state index is 13.2. The van der Waals surface area contributed by atoms with Gasteiger partial charge in [-0.1, -0.05) is 29.8 Å². The molecule has 0 spiro atoms. The Morgan fingerprint density at radius 1 is 1.17 bits per heavy atom. The number of aromatic nitrogens is 2. The Morgan fingerprint density at radius 2 is 1.91 bits per heavy atom. The van der Waals surface area contributed by atoms with Gasteiger partial charge >= 0.3 is 0 Å². The van der Waals surface area contributed by atoms with Gasteiger partial charge in [0.15, 0.2) is 11.0 Å². The molecule has 1 aliphatic heterocycles. The third-order valence-electron chi connectivity index (χ3n) is 4.01. The first-order valence-electron chi connectivity index (χ1n) is 7.03. The molecule has 23 heavy (non-hydrogen) atoms. The molecule has 0 saturated carbocycles. The minimum atomic E-state index is -3.80. The maximum absolute atomic E-state index is 13.2. The van der Waals surface area contributed by atoms with Crippen LogP contribution in [0.3, 0.4) is 0 Å². The largest absolute Gasteiger partial charge is 0.266 e. The van der Waals surface area contributed by atoms with Crippen LogP contribution in [0.5, 0.6) is 0 Å². The van der Waals surface area contributed by atoms with Crippen LogP contribution in [-0.4, -0.2) is 24.8 Å². The Labute approximate surface area is 137 Å². The minimum absolute atomic E-state index is 0.0432. The summed E-state index contributed by atoms with van der Waals surface area (Å²) in [5.74, 6) is 0. The number of hydrogen-bond acceptors (Lipinski definition) is 5. The first kappa shape index (κ1) is 14.5. The summed E-state index contributed by atoms with van der Waals surface area (Å²) in [5.41, 5.74) is 2.09. The molecule has 118 valence electrons. The number of sulfonamides is 1. The Kier molecular flexibility index (Phi) is 3.11. The quantitative estimate of drug-likeness (QED) is 0.710. The minimum Gasteiger partial charge on any atom is -0.263 e. The lowest BCUT2D eigenvalue weighted by Gasteiger charge is -2.24. The van der Waals surface area contributed by atoms with E-state index in [2.05, 4.69) is 14.9 Å². The van der Waals surface area contributed by atoms with Crippen LogP contribution in [0.1, 0.15) is 12.5 Å². The van der Waals surface area contributed by atoms with Crippen LogP contribution in [0, 0.1) is 0 Å². The number of rotatable bonds is 2. The lowest BCUT2D eigenvalue weighted by atomic mass is 10.1. The van der Waals surface area contributed by atoms with E-state index in [-0.39, 0.29) is 22.0 Å². The van der Waals surface area contributed by atoms with Crippen molar-refractivity contribution in [1.82, 2.24) is 10.3 Å². The van der Waals surface area contributed by atoms with Gasteiger partial charge in [-0.15, -0.1) is 0 Å². The van der Waals surface area contributed by atoms with Gasteiger partial charge in [-0.05, 0) is 47.4 Å². The van der Waals surface area contributed by atoms with Crippen LogP contribution < -0.4 is 4.31 Å². The number of nitrogens with zero attached hydrogens (tertiary/aromatic N) is 3. The SMILES string of the molecule is C[C@@H]1Cc2ccccc2N1S(=O)(=O)c1ccc(Cl)c2nonc12. The summed E-state index contributed by atoms with van der Waals surface area (Å²) >= 11 is 6.02. The molecular formula is C15H12ClN3O3S. The Balaban J connectivity index is 1.94. The molecule has 0 radical (unpaired) electrons. The fourth-order valence-corrected chi connectivity index (χ4v) is 5.03. The smallest absolute Gasteiger partial charge is 0.263 e. The van der Waals surface area contributed by atoms with Gasteiger partial charge in [0.05, 0.1) is 10.7 Å². The molecule has 2 aromatic carbocycles. The molecule has 0 N–H and O–H groups in total. The van der Waals surface area contributed by atoms with Crippen LogP contribution in [0.2, 0.25) is 5.02 Å². The molecule has 1 atom stereocenters. The molecule has 8 heteroatoms. The first-order valence-corrected chi connectivity index (χ1v) is 8.85. The zero-order chi connectivity index (χ0) is 16.2. The molecular weight excluding hydrogens is 338 g/mol. The first-order chi connectivity index (χ1) is 11.0. The predicted octanol–water partition coefficient (Wildman–Crippen LogP) is 3.02. The third-order valence-corrected chi connectivity index (χ3v) is 6.28. The van der Waals surface area contributed by atoms with E-state index in [4.69, 9.17) is 11.6 Å². The van der Waals surface area contributed by atoms with E-state index in [0.29, 0.717) is 17.1 Å². The molecule has 0 amide bonds. The van der Waals surface area contributed by atoms with Crippen LogP contribution >= 0.6 is 11.6 Å². The molecule has 1 aliphatic rings. The molecule has 0 fully saturated rings. The number of halogens is 1. The van der Waals surface area contributed by atoms with Crippen molar-refractivity contribution in [2.75, 3.05) is 4.31 Å². The summed E-state index contributed by atoms with van der Waals surface area (Å²) in [4.78, 5) is 0.0432. The zero-order valence-corrected chi connectivity index (χ0v) is 13.7. The molecule has 2 heterocycles. The highest BCUT2D eigenvalue weighted by Crippen LogP contribution is 2.38. The van der Waals surface area contributed by atoms with E-state index in [1.165, 1.54) is 16.4 Å². The second kappa shape index (κ2) is 4.94. The van der Waals surface area contributed by atoms with Gasteiger partial charge in [0.25, 0.3) is 10.0 Å². The van der Waals surface area contributed by atoms with Crippen molar-refractivity contribution in [3.63, 3.8) is 0 Å². The van der Waals surface area contributed by atoms with Crippen LogP contribution in [-0.2, 0) is 16.4 Å². The van der Waals surface area contributed by atoms with Gasteiger partial charge in [-0.3, -0.25) is 4.31 Å². The Bertz CT molecular complexity index is 1020. The molecule has 6 nitrogen and oxygen atoms in total. The van der Waals surface area contributed by atoms with E-state index in [9.17, 15) is 8.42 Å². The average Bonchev–Trinajstić information content (AvgIpc) is 3.11. The zero-order valence-electron chi connectivity index (χ0n) is 12.1. The highest BCUT2D eigenvalue weighted by Gasteiger charge is 2.37. The molecule has 0 aliphatic carbocycles. The second-order valence-electron chi connectivity index (χ2n) is 5.49. The van der Waals surface area contributed by atoms with E-state index < -0.39 is 10.0 Å². The van der Waals surface area contributed by atoms with E-state index >= 15 is 0 Å². The van der Waals surface area contributed by atoms with E-state index in [1.807, 2.05) is 31.2 Å². The summed E-state index contributed by atoms with van der Waals surface area (Å²) in [5, 5.41) is 7.70. The summed E-state index contributed by atoms with van der Waals surface area (Å²) < 4.78 is 32.5. The van der Waals surface area contributed by atoms with Gasteiger partial charge in [0, 0.05) is 6.04 Å². The molecule has 0 bridgehead atoms. The van der Waals surface area contributed by atoms with Gasteiger partial charge in [-0.25, -0.2) is 13.0 Å². The fraction of sp³-hybridized carbons (Fsp3) is 0.200. The van der Waals surface area contributed by atoms with Crippen molar-refractivity contribution in [3.8, 4) is 0 Å². The van der Waals surface area contributed by atoms with Crippen molar-refractivity contribution in [2.24, 2.45) is 0 Å². The van der Waals surface area contributed by atoms with Crippen molar-refractivity contribution >= 4 is 38.3 Å². The number of anilines is 1.